The molecule has 2 aliphatic heterocycles. The summed E-state index contributed by atoms with van der Waals surface area (Å²) in [6.07, 6.45) is 5.19. The molecule has 0 radical (unpaired) electrons. The van der Waals surface area contributed by atoms with Gasteiger partial charge in [0, 0.05) is 43.9 Å². The van der Waals surface area contributed by atoms with Gasteiger partial charge in [-0.2, -0.15) is 5.10 Å². The molecule has 0 aliphatic carbocycles. The normalized spacial score (nSPS) is 18.5. The number of aryl methyl sites for hydroxylation is 1. The summed E-state index contributed by atoms with van der Waals surface area (Å²) in [7, 11) is 0. The molecule has 1 aromatic carbocycles. The van der Waals surface area contributed by atoms with E-state index in [-0.39, 0.29) is 17.9 Å². The van der Waals surface area contributed by atoms with Crippen LogP contribution < -0.4 is 10.6 Å². The van der Waals surface area contributed by atoms with Crippen molar-refractivity contribution in [3.63, 3.8) is 0 Å². The van der Waals surface area contributed by atoms with Crippen LogP contribution in [0.25, 0.3) is 0 Å². The summed E-state index contributed by atoms with van der Waals surface area (Å²) in [6.45, 7) is 8.55. The predicted molar refractivity (Wildman–Crippen MR) is 126 cm³/mol. The average molecular weight is 439 g/mol. The molecule has 0 unspecified atom stereocenters. The highest BCUT2D eigenvalue weighted by atomic mass is 16.2. The monoisotopic (exact) mass is 438 g/mol. The molecule has 172 valence electrons. The van der Waals surface area contributed by atoms with Crippen molar-refractivity contribution in [3.8, 4) is 0 Å². The highest BCUT2D eigenvalue weighted by Crippen LogP contribution is 2.26. The first-order valence-electron chi connectivity index (χ1n) is 11.7. The largest absolute Gasteiger partial charge is 0.324 e. The molecule has 0 saturated carbocycles. The number of nitrogens with one attached hydrogen (secondary N) is 2. The van der Waals surface area contributed by atoms with Gasteiger partial charge >= 0.3 is 6.03 Å². The molecule has 2 aromatic rings. The molecule has 2 saturated heterocycles. The summed E-state index contributed by atoms with van der Waals surface area (Å²) in [4.78, 5) is 29.7. The number of likely N-dealkylation sites (tertiary alicyclic amines) is 2. The lowest BCUT2D eigenvalue weighted by Crippen LogP contribution is -2.43. The Bertz CT molecular complexity index is 926. The van der Waals surface area contributed by atoms with E-state index in [1.54, 1.807) is 11.1 Å². The Labute approximate surface area is 190 Å². The van der Waals surface area contributed by atoms with E-state index in [1.165, 1.54) is 0 Å². The number of rotatable bonds is 5. The van der Waals surface area contributed by atoms with E-state index in [2.05, 4.69) is 27.6 Å². The minimum Gasteiger partial charge on any atom is -0.324 e. The van der Waals surface area contributed by atoms with Gasteiger partial charge in [0.05, 0.1) is 12.2 Å². The molecule has 8 heteroatoms. The van der Waals surface area contributed by atoms with E-state index in [9.17, 15) is 9.59 Å². The van der Waals surface area contributed by atoms with Crippen molar-refractivity contribution in [3.05, 3.63) is 42.1 Å². The first-order chi connectivity index (χ1) is 15.5. The Morgan fingerprint density at radius 2 is 1.78 bits per heavy atom. The van der Waals surface area contributed by atoms with E-state index in [1.807, 2.05) is 41.9 Å². The molecule has 4 rings (SSSR count). The second-order valence-corrected chi connectivity index (χ2v) is 8.88. The third kappa shape index (κ3) is 5.30. The quantitative estimate of drug-likeness (QED) is 0.745. The molecule has 1 aromatic heterocycles. The molecule has 2 aliphatic rings. The van der Waals surface area contributed by atoms with Gasteiger partial charge in [0.1, 0.15) is 5.82 Å². The predicted octanol–water partition coefficient (Wildman–Crippen LogP) is 3.73. The minimum absolute atomic E-state index is 0.0245. The summed E-state index contributed by atoms with van der Waals surface area (Å²) in [5.74, 6) is 0.712. The van der Waals surface area contributed by atoms with E-state index < -0.39 is 0 Å². The molecule has 2 N–H and O–H groups in total. The van der Waals surface area contributed by atoms with Crippen LogP contribution in [0.1, 0.15) is 44.2 Å². The smallest absolute Gasteiger partial charge is 0.321 e. The number of hydrogen-bond donors (Lipinski definition) is 2. The molecule has 8 nitrogen and oxygen atoms in total. The van der Waals surface area contributed by atoms with Crippen LogP contribution in [0.2, 0.25) is 0 Å². The highest BCUT2D eigenvalue weighted by molar-refractivity contribution is 5.92. The Morgan fingerprint density at radius 3 is 2.47 bits per heavy atom. The molecule has 32 heavy (non-hydrogen) atoms. The van der Waals surface area contributed by atoms with Gasteiger partial charge in [0.2, 0.25) is 5.91 Å². The fourth-order valence-electron chi connectivity index (χ4n) is 4.68. The number of aromatic nitrogens is 2. The maximum Gasteiger partial charge on any atom is 0.321 e. The molecule has 0 bridgehead atoms. The first kappa shape index (κ1) is 22.3. The maximum atomic E-state index is 12.9. The summed E-state index contributed by atoms with van der Waals surface area (Å²) in [6, 6.07) is 9.88. The van der Waals surface area contributed by atoms with Crippen molar-refractivity contribution >= 4 is 23.4 Å². The Kier molecular flexibility index (Phi) is 7.09. The van der Waals surface area contributed by atoms with Crippen molar-refractivity contribution in [1.29, 1.82) is 0 Å². The van der Waals surface area contributed by atoms with Crippen molar-refractivity contribution in [2.45, 2.75) is 45.6 Å². The summed E-state index contributed by atoms with van der Waals surface area (Å²) in [5, 5.41) is 10.5. The van der Waals surface area contributed by atoms with Gasteiger partial charge in [-0.25, -0.2) is 9.48 Å². The van der Waals surface area contributed by atoms with E-state index in [0.29, 0.717) is 32.0 Å². The second-order valence-electron chi connectivity index (χ2n) is 8.88. The zero-order valence-corrected chi connectivity index (χ0v) is 19.1. The topological polar surface area (TPSA) is 82.5 Å². The Hall–Kier alpha value is -2.87. The average Bonchev–Trinajstić information content (AvgIpc) is 3.27. The van der Waals surface area contributed by atoms with Crippen LogP contribution in [0.3, 0.4) is 0 Å². The van der Waals surface area contributed by atoms with Crippen molar-refractivity contribution in [1.82, 2.24) is 19.6 Å². The van der Waals surface area contributed by atoms with Crippen LogP contribution in [-0.4, -0.2) is 64.2 Å². The third-order valence-corrected chi connectivity index (χ3v) is 6.69. The second kappa shape index (κ2) is 10.2. The zero-order valence-electron chi connectivity index (χ0n) is 19.1. The zero-order chi connectivity index (χ0) is 22.5. The van der Waals surface area contributed by atoms with Crippen LogP contribution in [0.15, 0.2) is 36.5 Å². The van der Waals surface area contributed by atoms with Gasteiger partial charge in [-0.1, -0.05) is 19.1 Å². The number of hydrogen-bond acceptors (Lipinski definition) is 4. The molecular weight excluding hydrogens is 404 g/mol. The fourth-order valence-corrected chi connectivity index (χ4v) is 4.68. The van der Waals surface area contributed by atoms with E-state index in [4.69, 9.17) is 0 Å². The lowest BCUT2D eigenvalue weighted by Gasteiger charge is -2.33. The van der Waals surface area contributed by atoms with Crippen molar-refractivity contribution in [2.24, 2.45) is 5.92 Å². The lowest BCUT2D eigenvalue weighted by molar-refractivity contribution is -0.121. The fraction of sp³-hybridized carbons (Fsp3) is 0.542. The standard InChI is InChI=1S/C24H34N6O2/c1-3-28-13-10-21(11-14-28)30-22(7-12-25-30)27-23(31)19-8-15-29(16-9-19)24(32)26-20-6-4-5-18(2)17-20/h4-7,12,17,19,21H,3,8-11,13-16H2,1-2H3,(H,26,32)(H,27,31). The third-order valence-electron chi connectivity index (χ3n) is 6.69. The molecule has 3 amide bonds. The van der Waals surface area contributed by atoms with Crippen molar-refractivity contribution in [2.75, 3.05) is 43.4 Å². The number of urea groups is 1. The summed E-state index contributed by atoms with van der Waals surface area (Å²) >= 11 is 0. The van der Waals surface area contributed by atoms with Crippen LogP contribution in [0.4, 0.5) is 16.3 Å². The van der Waals surface area contributed by atoms with Gasteiger partial charge in [0.15, 0.2) is 0 Å². The molecule has 3 heterocycles. The van der Waals surface area contributed by atoms with Gasteiger partial charge in [-0.15, -0.1) is 0 Å². The SMILES string of the molecule is CCN1CCC(n2nccc2NC(=O)C2CCN(C(=O)Nc3cccc(C)c3)CC2)CC1. The van der Waals surface area contributed by atoms with Gasteiger partial charge in [0.25, 0.3) is 0 Å². The van der Waals surface area contributed by atoms with E-state index >= 15 is 0 Å². The van der Waals surface area contributed by atoms with Crippen molar-refractivity contribution < 1.29 is 9.59 Å². The Balaban J connectivity index is 1.27. The molecule has 0 spiro atoms. The minimum atomic E-state index is -0.106. The van der Waals surface area contributed by atoms with Crippen LogP contribution in [0, 0.1) is 12.8 Å². The number of nitrogens with zero attached hydrogens (tertiary/aromatic N) is 4. The van der Waals surface area contributed by atoms with Crippen LogP contribution >= 0.6 is 0 Å². The van der Waals surface area contributed by atoms with Crippen LogP contribution in [-0.2, 0) is 4.79 Å². The Morgan fingerprint density at radius 1 is 1.03 bits per heavy atom. The summed E-state index contributed by atoms with van der Waals surface area (Å²) in [5.41, 5.74) is 1.90. The number of amides is 3. The van der Waals surface area contributed by atoms with Crippen LogP contribution in [0.5, 0.6) is 0 Å². The molecule has 0 atom stereocenters. The summed E-state index contributed by atoms with van der Waals surface area (Å²) < 4.78 is 1.98. The van der Waals surface area contributed by atoms with Gasteiger partial charge in [-0.05, 0) is 56.8 Å². The molecular formula is C24H34N6O2. The first-order valence-corrected chi connectivity index (χ1v) is 11.7. The van der Waals surface area contributed by atoms with Gasteiger partial charge in [-0.3, -0.25) is 4.79 Å². The number of piperidine rings is 2. The van der Waals surface area contributed by atoms with E-state index in [0.717, 1.165) is 49.5 Å². The van der Waals surface area contributed by atoms with Gasteiger partial charge < -0.3 is 20.4 Å². The number of anilines is 2. The number of carbonyl (C=O) groups excluding carboxylic acids is 2. The number of benzene rings is 1. The highest BCUT2D eigenvalue weighted by Gasteiger charge is 2.29. The molecule has 2 fully saturated rings. The lowest BCUT2D eigenvalue weighted by atomic mass is 9.96. The number of carbonyl (C=O) groups is 2. The maximum absolute atomic E-state index is 12.9.